The molecule has 0 saturated heterocycles. The van der Waals surface area contributed by atoms with Crippen LogP contribution in [0.15, 0.2) is 72.8 Å². The third kappa shape index (κ3) is 5.45. The van der Waals surface area contributed by atoms with Crippen LogP contribution in [0, 0.1) is 6.92 Å². The molecule has 3 rings (SSSR count). The Hall–Kier alpha value is -3.60. The molecule has 0 heterocycles. The van der Waals surface area contributed by atoms with E-state index in [2.05, 4.69) is 0 Å². The molecule has 3 aromatic carbocycles. The number of Topliss-reactive ketones (excluding diaryl/α,β-unsaturated/α-hetero) is 1. The smallest absolute Gasteiger partial charge is 0.349 e. The quantitative estimate of drug-likeness (QED) is 0.331. The fourth-order valence-corrected chi connectivity index (χ4v) is 2.41. The van der Waals surface area contributed by atoms with Crippen molar-refractivity contribution in [3.63, 3.8) is 0 Å². The average Bonchev–Trinajstić information content (AvgIpc) is 2.69. The molecule has 0 atom stereocenters. The minimum absolute atomic E-state index is 0.0454. The number of carbonyl (C=O) groups excluding carboxylic acids is 2. The van der Waals surface area contributed by atoms with E-state index in [1.807, 2.05) is 31.2 Å². The van der Waals surface area contributed by atoms with Crippen LogP contribution >= 0.6 is 0 Å². The Morgan fingerprint density at radius 1 is 0.714 bits per heavy atom. The molecule has 0 amide bonds. The second-order valence-corrected chi connectivity index (χ2v) is 6.23. The van der Waals surface area contributed by atoms with Gasteiger partial charge in [-0.2, -0.15) is 0 Å². The third-order valence-electron chi connectivity index (χ3n) is 3.93. The number of ether oxygens (including phenoxy) is 3. The van der Waals surface area contributed by atoms with E-state index in [0.29, 0.717) is 22.8 Å². The van der Waals surface area contributed by atoms with Crippen LogP contribution in [0.2, 0.25) is 0 Å². The van der Waals surface area contributed by atoms with Crippen molar-refractivity contribution in [1.29, 1.82) is 0 Å². The van der Waals surface area contributed by atoms with E-state index in [4.69, 9.17) is 14.2 Å². The molecular weight excluding hydrogens is 356 g/mol. The Bertz CT molecular complexity index is 942. The Morgan fingerprint density at radius 2 is 1.21 bits per heavy atom. The first kappa shape index (κ1) is 19.2. The van der Waals surface area contributed by atoms with Crippen LogP contribution in [0.25, 0.3) is 0 Å². The number of ketones is 1. The van der Waals surface area contributed by atoms with Crippen molar-refractivity contribution >= 4 is 11.8 Å². The Morgan fingerprint density at radius 3 is 1.79 bits per heavy atom. The summed E-state index contributed by atoms with van der Waals surface area (Å²) in [5, 5.41) is 0. The average molecular weight is 376 g/mol. The van der Waals surface area contributed by atoms with Crippen molar-refractivity contribution in [2.75, 3.05) is 6.61 Å². The largest absolute Gasteiger partial charge is 0.482 e. The van der Waals surface area contributed by atoms with Gasteiger partial charge in [0.2, 0.25) is 0 Å². The SMILES string of the molecule is CC(=O)c1ccc(OC(=O)COc2ccc(Oc3ccc(C)cc3)cc2)cc1. The highest BCUT2D eigenvalue weighted by atomic mass is 16.6. The summed E-state index contributed by atoms with van der Waals surface area (Å²) in [5.41, 5.74) is 1.72. The topological polar surface area (TPSA) is 61.8 Å². The lowest BCUT2D eigenvalue weighted by atomic mass is 10.1. The molecule has 5 nitrogen and oxygen atoms in total. The highest BCUT2D eigenvalue weighted by Crippen LogP contribution is 2.24. The van der Waals surface area contributed by atoms with E-state index in [1.165, 1.54) is 6.92 Å². The second-order valence-electron chi connectivity index (χ2n) is 6.23. The van der Waals surface area contributed by atoms with Gasteiger partial charge < -0.3 is 14.2 Å². The molecule has 0 aliphatic carbocycles. The van der Waals surface area contributed by atoms with Gasteiger partial charge in [0.1, 0.15) is 23.0 Å². The maximum atomic E-state index is 11.9. The number of hydrogen-bond donors (Lipinski definition) is 0. The molecule has 0 fully saturated rings. The van der Waals surface area contributed by atoms with Crippen molar-refractivity contribution in [3.8, 4) is 23.0 Å². The second kappa shape index (κ2) is 8.86. The van der Waals surface area contributed by atoms with Crippen LogP contribution in [-0.4, -0.2) is 18.4 Å². The minimum atomic E-state index is -0.532. The van der Waals surface area contributed by atoms with Gasteiger partial charge in [0.05, 0.1) is 0 Å². The monoisotopic (exact) mass is 376 g/mol. The van der Waals surface area contributed by atoms with Crippen molar-refractivity contribution in [2.45, 2.75) is 13.8 Å². The summed E-state index contributed by atoms with van der Waals surface area (Å²) < 4.78 is 16.4. The molecule has 0 aliphatic heterocycles. The Balaban J connectivity index is 1.49. The number of aryl methyl sites for hydroxylation is 1. The van der Waals surface area contributed by atoms with Crippen LogP contribution in [-0.2, 0) is 4.79 Å². The van der Waals surface area contributed by atoms with Crippen molar-refractivity contribution < 1.29 is 23.8 Å². The number of rotatable bonds is 7. The number of esters is 1. The number of hydrogen-bond acceptors (Lipinski definition) is 5. The third-order valence-corrected chi connectivity index (χ3v) is 3.93. The predicted octanol–water partition coefficient (Wildman–Crippen LogP) is 4.97. The molecule has 28 heavy (non-hydrogen) atoms. The summed E-state index contributed by atoms with van der Waals surface area (Å²) in [6, 6.07) is 21.1. The molecule has 0 saturated carbocycles. The lowest BCUT2D eigenvalue weighted by Crippen LogP contribution is -2.17. The standard InChI is InChI=1S/C23H20O5/c1-16-3-7-20(8-4-16)27-21-13-11-19(12-14-21)26-15-23(25)28-22-9-5-18(6-10-22)17(2)24/h3-14H,15H2,1-2H3. The summed E-state index contributed by atoms with van der Waals surface area (Å²) in [5.74, 6) is 1.73. The summed E-state index contributed by atoms with van der Waals surface area (Å²) in [6.07, 6.45) is 0. The molecule has 0 aliphatic rings. The molecule has 3 aromatic rings. The minimum Gasteiger partial charge on any atom is -0.482 e. The van der Waals surface area contributed by atoms with Crippen LogP contribution in [0.3, 0.4) is 0 Å². The van der Waals surface area contributed by atoms with Crippen LogP contribution in [0.4, 0.5) is 0 Å². The maximum Gasteiger partial charge on any atom is 0.349 e. The fourth-order valence-electron chi connectivity index (χ4n) is 2.41. The Labute approximate surface area is 163 Å². The molecule has 0 aromatic heterocycles. The normalized spacial score (nSPS) is 10.2. The van der Waals surface area contributed by atoms with Crippen molar-refractivity contribution in [3.05, 3.63) is 83.9 Å². The molecule has 0 bridgehead atoms. The Kier molecular flexibility index (Phi) is 6.07. The van der Waals surface area contributed by atoms with E-state index >= 15 is 0 Å². The maximum absolute atomic E-state index is 11.9. The summed E-state index contributed by atoms with van der Waals surface area (Å²) >= 11 is 0. The molecule has 0 radical (unpaired) electrons. The molecule has 142 valence electrons. The van der Waals surface area contributed by atoms with E-state index in [0.717, 1.165) is 11.3 Å². The van der Waals surface area contributed by atoms with Gasteiger partial charge in [0, 0.05) is 5.56 Å². The lowest BCUT2D eigenvalue weighted by Gasteiger charge is -2.09. The van der Waals surface area contributed by atoms with Gasteiger partial charge in [0.25, 0.3) is 0 Å². The van der Waals surface area contributed by atoms with Gasteiger partial charge in [-0.1, -0.05) is 17.7 Å². The zero-order chi connectivity index (χ0) is 19.9. The zero-order valence-electron chi connectivity index (χ0n) is 15.7. The van der Waals surface area contributed by atoms with Gasteiger partial charge in [0.15, 0.2) is 12.4 Å². The van der Waals surface area contributed by atoms with Crippen LogP contribution in [0.1, 0.15) is 22.8 Å². The first-order chi connectivity index (χ1) is 13.5. The predicted molar refractivity (Wildman–Crippen MR) is 105 cm³/mol. The summed E-state index contributed by atoms with van der Waals surface area (Å²) in [7, 11) is 0. The van der Waals surface area contributed by atoms with E-state index in [9.17, 15) is 9.59 Å². The zero-order valence-corrected chi connectivity index (χ0v) is 15.7. The summed E-state index contributed by atoms with van der Waals surface area (Å²) in [6.45, 7) is 3.26. The van der Waals surface area contributed by atoms with Gasteiger partial charge in [-0.3, -0.25) is 4.79 Å². The van der Waals surface area contributed by atoms with Crippen LogP contribution in [0.5, 0.6) is 23.0 Å². The van der Waals surface area contributed by atoms with Gasteiger partial charge in [-0.15, -0.1) is 0 Å². The van der Waals surface area contributed by atoms with Crippen molar-refractivity contribution in [2.24, 2.45) is 0 Å². The number of benzene rings is 3. The van der Waals surface area contributed by atoms with Crippen LogP contribution < -0.4 is 14.2 Å². The van der Waals surface area contributed by atoms with Gasteiger partial charge in [-0.25, -0.2) is 4.79 Å². The fraction of sp³-hybridized carbons (Fsp3) is 0.130. The lowest BCUT2D eigenvalue weighted by molar-refractivity contribution is -0.136. The molecule has 0 unspecified atom stereocenters. The highest BCUT2D eigenvalue weighted by molar-refractivity contribution is 5.94. The van der Waals surface area contributed by atoms with E-state index in [1.54, 1.807) is 48.5 Å². The van der Waals surface area contributed by atoms with Gasteiger partial charge in [-0.05, 0) is 74.5 Å². The van der Waals surface area contributed by atoms with Gasteiger partial charge >= 0.3 is 5.97 Å². The van der Waals surface area contributed by atoms with E-state index in [-0.39, 0.29) is 12.4 Å². The highest BCUT2D eigenvalue weighted by Gasteiger charge is 2.07. The number of carbonyl (C=O) groups is 2. The molecular formula is C23H20O5. The summed E-state index contributed by atoms with van der Waals surface area (Å²) in [4.78, 5) is 23.1. The van der Waals surface area contributed by atoms with E-state index < -0.39 is 5.97 Å². The molecule has 5 heteroatoms. The first-order valence-corrected chi connectivity index (χ1v) is 8.79. The molecule has 0 spiro atoms. The molecule has 0 N–H and O–H groups in total. The van der Waals surface area contributed by atoms with Crippen molar-refractivity contribution in [1.82, 2.24) is 0 Å². The first-order valence-electron chi connectivity index (χ1n) is 8.79.